The zero-order chi connectivity index (χ0) is 20.6. The van der Waals surface area contributed by atoms with Gasteiger partial charge in [0.1, 0.15) is 12.4 Å². The van der Waals surface area contributed by atoms with Gasteiger partial charge >= 0.3 is 5.97 Å². The molecule has 2 aromatic carbocycles. The van der Waals surface area contributed by atoms with E-state index in [4.69, 9.17) is 9.47 Å². The van der Waals surface area contributed by atoms with Gasteiger partial charge in [-0.3, -0.25) is 9.59 Å². The van der Waals surface area contributed by atoms with Crippen LogP contribution in [-0.4, -0.2) is 18.9 Å². The van der Waals surface area contributed by atoms with Gasteiger partial charge in [0, 0.05) is 17.9 Å². The molecule has 4 nitrogen and oxygen atoms in total. The molecule has 0 radical (unpaired) electrons. The molecule has 0 aliphatic carbocycles. The van der Waals surface area contributed by atoms with Crippen molar-refractivity contribution >= 4 is 23.1 Å². The second-order valence-corrected chi connectivity index (χ2v) is 7.62. The summed E-state index contributed by atoms with van der Waals surface area (Å²) in [6.07, 6.45) is 0.589. The van der Waals surface area contributed by atoms with Crippen molar-refractivity contribution in [2.75, 3.05) is 7.11 Å². The molecule has 150 valence electrons. The van der Waals surface area contributed by atoms with Gasteiger partial charge in [-0.2, -0.15) is 11.3 Å². The Labute approximate surface area is 175 Å². The van der Waals surface area contributed by atoms with Gasteiger partial charge in [-0.1, -0.05) is 36.4 Å². The maximum atomic E-state index is 13.4. The van der Waals surface area contributed by atoms with E-state index in [-0.39, 0.29) is 18.2 Å². The topological polar surface area (TPSA) is 52.6 Å². The summed E-state index contributed by atoms with van der Waals surface area (Å²) in [6.45, 7) is 2.44. The molecule has 0 fully saturated rings. The van der Waals surface area contributed by atoms with Crippen LogP contribution in [0.25, 0.3) is 0 Å². The van der Waals surface area contributed by atoms with E-state index >= 15 is 0 Å². The van der Waals surface area contributed by atoms with Crippen molar-refractivity contribution in [3.05, 3.63) is 87.6 Å². The fraction of sp³-hybridized carbons (Fsp3) is 0.250. The number of benzene rings is 2. The lowest BCUT2D eigenvalue weighted by Gasteiger charge is -2.18. The monoisotopic (exact) mass is 408 g/mol. The summed E-state index contributed by atoms with van der Waals surface area (Å²) in [6, 6.07) is 17.1. The second-order valence-electron chi connectivity index (χ2n) is 6.84. The number of thiophene rings is 1. The summed E-state index contributed by atoms with van der Waals surface area (Å²) in [4.78, 5) is 25.1. The fourth-order valence-corrected chi connectivity index (χ4v) is 3.90. The number of carbonyl (C=O) groups excluding carboxylic acids is 2. The molecular weight excluding hydrogens is 384 g/mol. The third-order valence-corrected chi connectivity index (χ3v) is 5.58. The molecule has 1 aromatic heterocycles. The van der Waals surface area contributed by atoms with Crippen molar-refractivity contribution in [2.45, 2.75) is 32.3 Å². The van der Waals surface area contributed by atoms with Crippen LogP contribution in [0.3, 0.4) is 0 Å². The largest absolute Gasteiger partial charge is 0.489 e. The molecule has 0 saturated carbocycles. The van der Waals surface area contributed by atoms with Gasteiger partial charge in [0.2, 0.25) is 0 Å². The van der Waals surface area contributed by atoms with E-state index < -0.39 is 5.92 Å². The molecule has 1 atom stereocenters. The summed E-state index contributed by atoms with van der Waals surface area (Å²) in [5, 5.41) is 4.04. The minimum atomic E-state index is -0.414. The van der Waals surface area contributed by atoms with Crippen LogP contribution in [0.5, 0.6) is 5.75 Å². The van der Waals surface area contributed by atoms with Crippen molar-refractivity contribution in [1.82, 2.24) is 0 Å². The lowest BCUT2D eigenvalue weighted by molar-refractivity contribution is -0.140. The molecule has 0 N–H and O–H groups in total. The Bertz CT molecular complexity index is 963. The Morgan fingerprint density at radius 1 is 1.07 bits per heavy atom. The van der Waals surface area contributed by atoms with Gasteiger partial charge in [-0.25, -0.2) is 0 Å². The number of hydrogen-bond acceptors (Lipinski definition) is 5. The third kappa shape index (κ3) is 5.55. The molecule has 1 heterocycles. The highest BCUT2D eigenvalue weighted by atomic mass is 32.1. The van der Waals surface area contributed by atoms with Crippen LogP contribution in [-0.2, 0) is 16.1 Å². The SMILES string of the molecule is COC(=O)CCC(C(=O)c1cccc(OCc2ccsc2)c1)c1ccccc1C. The molecule has 0 spiro atoms. The van der Waals surface area contributed by atoms with E-state index in [1.807, 2.05) is 60.1 Å². The predicted molar refractivity (Wildman–Crippen MR) is 115 cm³/mol. The Kier molecular flexibility index (Phi) is 7.19. The zero-order valence-electron chi connectivity index (χ0n) is 16.6. The second kappa shape index (κ2) is 10.0. The van der Waals surface area contributed by atoms with Crippen LogP contribution in [0.2, 0.25) is 0 Å². The molecule has 1 unspecified atom stereocenters. The molecule has 0 aliphatic rings. The summed E-state index contributed by atoms with van der Waals surface area (Å²) >= 11 is 1.62. The number of ether oxygens (including phenoxy) is 2. The van der Waals surface area contributed by atoms with Crippen LogP contribution < -0.4 is 4.74 Å². The molecule has 0 saturated heterocycles. The minimum Gasteiger partial charge on any atom is -0.489 e. The van der Waals surface area contributed by atoms with E-state index in [1.165, 1.54) is 7.11 Å². The van der Waals surface area contributed by atoms with Gasteiger partial charge in [0.15, 0.2) is 5.78 Å². The average Bonchev–Trinajstić information content (AvgIpc) is 3.27. The van der Waals surface area contributed by atoms with Crippen LogP contribution >= 0.6 is 11.3 Å². The molecule has 0 aliphatic heterocycles. The zero-order valence-corrected chi connectivity index (χ0v) is 17.4. The van der Waals surface area contributed by atoms with Crippen LogP contribution in [0.15, 0.2) is 65.4 Å². The normalized spacial score (nSPS) is 11.7. The fourth-order valence-electron chi connectivity index (χ4n) is 3.25. The summed E-state index contributed by atoms with van der Waals surface area (Å²) < 4.78 is 10.6. The van der Waals surface area contributed by atoms with E-state index in [9.17, 15) is 9.59 Å². The van der Waals surface area contributed by atoms with Gasteiger partial charge in [0.05, 0.1) is 7.11 Å². The Balaban J connectivity index is 1.82. The third-order valence-electron chi connectivity index (χ3n) is 4.85. The molecule has 0 bridgehead atoms. The highest BCUT2D eigenvalue weighted by Gasteiger charge is 2.24. The number of hydrogen-bond donors (Lipinski definition) is 0. The van der Waals surface area contributed by atoms with Gasteiger partial charge < -0.3 is 9.47 Å². The first kappa shape index (κ1) is 20.8. The van der Waals surface area contributed by atoms with Gasteiger partial charge in [-0.15, -0.1) is 0 Å². The highest BCUT2D eigenvalue weighted by Crippen LogP contribution is 2.30. The summed E-state index contributed by atoms with van der Waals surface area (Å²) in [5.74, 6) is -0.102. The van der Waals surface area contributed by atoms with E-state index in [0.29, 0.717) is 24.3 Å². The Hall–Kier alpha value is -2.92. The van der Waals surface area contributed by atoms with E-state index in [2.05, 4.69) is 0 Å². The van der Waals surface area contributed by atoms with Crippen molar-refractivity contribution in [3.63, 3.8) is 0 Å². The van der Waals surface area contributed by atoms with Crippen molar-refractivity contribution in [3.8, 4) is 5.75 Å². The van der Waals surface area contributed by atoms with Gasteiger partial charge in [0.25, 0.3) is 0 Å². The van der Waals surface area contributed by atoms with Crippen molar-refractivity contribution in [1.29, 1.82) is 0 Å². The molecule has 29 heavy (non-hydrogen) atoms. The molecule has 3 aromatic rings. The first-order valence-corrected chi connectivity index (χ1v) is 10.4. The van der Waals surface area contributed by atoms with Crippen LogP contribution in [0, 0.1) is 6.92 Å². The highest BCUT2D eigenvalue weighted by molar-refractivity contribution is 7.07. The van der Waals surface area contributed by atoms with Crippen molar-refractivity contribution < 1.29 is 19.1 Å². The van der Waals surface area contributed by atoms with E-state index in [0.717, 1.165) is 16.7 Å². The number of Topliss-reactive ketones (excluding diaryl/α,β-unsaturated/α-hetero) is 1. The molecular formula is C24H24O4S. The first-order chi connectivity index (χ1) is 14.1. The standard InChI is InChI=1S/C24H24O4S/c1-17-6-3-4-9-21(17)22(10-11-23(25)27-2)24(26)19-7-5-8-20(14-19)28-15-18-12-13-29-16-18/h3-9,12-14,16,22H,10-11,15H2,1-2H3. The molecule has 3 rings (SSSR count). The molecule has 5 heteroatoms. The van der Waals surface area contributed by atoms with E-state index in [1.54, 1.807) is 23.5 Å². The quantitative estimate of drug-likeness (QED) is 0.344. The number of aryl methyl sites for hydroxylation is 1. The molecule has 0 amide bonds. The summed E-state index contributed by atoms with van der Waals surface area (Å²) in [7, 11) is 1.36. The Morgan fingerprint density at radius 2 is 1.90 bits per heavy atom. The van der Waals surface area contributed by atoms with Crippen LogP contribution in [0.1, 0.15) is 45.8 Å². The smallest absolute Gasteiger partial charge is 0.305 e. The summed E-state index contributed by atoms with van der Waals surface area (Å²) in [5.41, 5.74) is 3.64. The number of esters is 1. The Morgan fingerprint density at radius 3 is 2.62 bits per heavy atom. The minimum absolute atomic E-state index is 0.0239. The van der Waals surface area contributed by atoms with Crippen molar-refractivity contribution in [2.24, 2.45) is 0 Å². The van der Waals surface area contributed by atoms with Gasteiger partial charge in [-0.05, 0) is 59.0 Å². The predicted octanol–water partition coefficient (Wildman–Crippen LogP) is 5.56. The number of carbonyl (C=O) groups is 2. The average molecular weight is 409 g/mol. The lowest BCUT2D eigenvalue weighted by Crippen LogP contribution is -2.16. The lowest BCUT2D eigenvalue weighted by atomic mass is 9.85. The number of methoxy groups -OCH3 is 1. The maximum absolute atomic E-state index is 13.4. The number of ketones is 1. The maximum Gasteiger partial charge on any atom is 0.305 e. The number of rotatable bonds is 9. The van der Waals surface area contributed by atoms with Crippen LogP contribution in [0.4, 0.5) is 0 Å². The first-order valence-electron chi connectivity index (χ1n) is 9.49.